The van der Waals surface area contributed by atoms with Crippen LogP contribution < -0.4 is 15.6 Å². The number of H-pyrrole nitrogens is 1. The second kappa shape index (κ2) is 12.1. The van der Waals surface area contributed by atoms with E-state index in [4.69, 9.17) is 9.47 Å². The third kappa shape index (κ3) is 6.63. The molecule has 12 nitrogen and oxygen atoms in total. The number of nitro groups is 1. The van der Waals surface area contributed by atoms with E-state index in [-0.39, 0.29) is 29.8 Å². The summed E-state index contributed by atoms with van der Waals surface area (Å²) in [7, 11) is 1.29. The van der Waals surface area contributed by atoms with Gasteiger partial charge in [-0.15, -0.1) is 0 Å². The first-order valence-corrected chi connectivity index (χ1v) is 11.5. The van der Waals surface area contributed by atoms with Gasteiger partial charge in [0.15, 0.2) is 5.52 Å². The van der Waals surface area contributed by atoms with Gasteiger partial charge < -0.3 is 24.5 Å². The van der Waals surface area contributed by atoms with Crippen LogP contribution in [-0.4, -0.2) is 47.2 Å². The molecule has 0 spiro atoms. The predicted octanol–water partition coefficient (Wildman–Crippen LogP) is 4.00. The van der Waals surface area contributed by atoms with Gasteiger partial charge in [-0.05, 0) is 54.1 Å². The topological polar surface area (TPSA) is 163 Å². The van der Waals surface area contributed by atoms with Gasteiger partial charge in [-0.1, -0.05) is 12.1 Å². The molecule has 2 N–H and O–H groups in total. The fourth-order valence-electron chi connectivity index (χ4n) is 3.55. The molecule has 4 aromatic rings. The van der Waals surface area contributed by atoms with Crippen LogP contribution >= 0.6 is 0 Å². The highest BCUT2D eigenvalue weighted by molar-refractivity contribution is 5.97. The SMILES string of the molecule is COC(=O)/C=C\c1ccc(C(=O)OCCOc2ccc(Nc3ccc([N+](=O)[O-])c4nc[nH]c(=O)c34)cc2)cc1. The van der Waals surface area contributed by atoms with E-state index in [9.17, 15) is 24.5 Å². The van der Waals surface area contributed by atoms with Crippen molar-refractivity contribution in [1.29, 1.82) is 0 Å². The molecule has 0 fully saturated rings. The number of fused-ring (bicyclic) bond motifs is 1. The van der Waals surface area contributed by atoms with E-state index in [0.717, 1.165) is 11.9 Å². The van der Waals surface area contributed by atoms with Gasteiger partial charge >= 0.3 is 11.9 Å². The summed E-state index contributed by atoms with van der Waals surface area (Å²) in [5, 5.41) is 14.4. The lowest BCUT2D eigenvalue weighted by molar-refractivity contribution is -0.383. The van der Waals surface area contributed by atoms with Crippen LogP contribution in [0.25, 0.3) is 17.0 Å². The molecule has 0 saturated carbocycles. The van der Waals surface area contributed by atoms with Crippen LogP contribution in [0.2, 0.25) is 0 Å². The molecule has 0 atom stereocenters. The van der Waals surface area contributed by atoms with Gasteiger partial charge in [-0.3, -0.25) is 14.9 Å². The van der Waals surface area contributed by atoms with Gasteiger partial charge in [0.2, 0.25) is 0 Å². The molecule has 0 radical (unpaired) electrons. The number of anilines is 2. The third-order valence-corrected chi connectivity index (χ3v) is 5.45. The van der Waals surface area contributed by atoms with Crippen molar-refractivity contribution < 1.29 is 28.7 Å². The van der Waals surface area contributed by atoms with Gasteiger partial charge in [0.25, 0.3) is 11.2 Å². The van der Waals surface area contributed by atoms with Crippen molar-refractivity contribution in [2.24, 2.45) is 0 Å². The molecule has 12 heteroatoms. The second-order valence-electron chi connectivity index (χ2n) is 7.96. The number of ether oxygens (including phenoxy) is 3. The van der Waals surface area contributed by atoms with E-state index < -0.39 is 22.4 Å². The van der Waals surface area contributed by atoms with Crippen molar-refractivity contribution in [3.63, 3.8) is 0 Å². The maximum Gasteiger partial charge on any atom is 0.338 e. The number of nitrogens with one attached hydrogen (secondary N) is 2. The number of benzene rings is 3. The lowest BCUT2D eigenvalue weighted by Gasteiger charge is -2.11. The van der Waals surface area contributed by atoms with Gasteiger partial charge in [0.1, 0.15) is 19.0 Å². The quantitative estimate of drug-likeness (QED) is 0.101. The molecule has 1 aromatic heterocycles. The Morgan fingerprint density at radius 3 is 2.49 bits per heavy atom. The number of methoxy groups -OCH3 is 1. The Labute approximate surface area is 221 Å². The third-order valence-electron chi connectivity index (χ3n) is 5.45. The standard InChI is InChI=1S/C27H22N4O8/c1-37-23(32)13-4-17-2-5-18(6-3-17)27(34)39-15-14-38-20-9-7-19(8-10-20)30-21-11-12-22(31(35)36)25-24(21)26(33)29-16-28-25/h2-13,16,30H,14-15H2,1H3,(H,28,29,33)/b13-4-. The number of aromatic amines is 1. The maximum absolute atomic E-state index is 12.3. The van der Waals surface area contributed by atoms with Crippen LogP contribution in [0.15, 0.2) is 77.9 Å². The Kier molecular flexibility index (Phi) is 8.27. The zero-order chi connectivity index (χ0) is 27.8. The number of carbonyl (C=O) groups excluding carboxylic acids is 2. The molecule has 39 heavy (non-hydrogen) atoms. The predicted molar refractivity (Wildman–Crippen MR) is 142 cm³/mol. The number of hydrogen-bond donors (Lipinski definition) is 2. The fourth-order valence-corrected chi connectivity index (χ4v) is 3.55. The Morgan fingerprint density at radius 2 is 1.79 bits per heavy atom. The first kappa shape index (κ1) is 26.5. The van der Waals surface area contributed by atoms with Crippen LogP contribution in [0.5, 0.6) is 5.75 Å². The second-order valence-corrected chi connectivity index (χ2v) is 7.96. The van der Waals surface area contributed by atoms with Gasteiger partial charge in [0, 0.05) is 17.8 Å². The minimum atomic E-state index is -0.592. The summed E-state index contributed by atoms with van der Waals surface area (Å²) in [5.74, 6) is -0.468. The number of carbonyl (C=O) groups is 2. The molecule has 0 amide bonds. The molecule has 0 aliphatic rings. The Hall–Kier alpha value is -5.52. The molecule has 0 bridgehead atoms. The molecule has 0 aliphatic heterocycles. The lowest BCUT2D eigenvalue weighted by Crippen LogP contribution is -2.12. The van der Waals surface area contributed by atoms with Crippen LogP contribution in [0.3, 0.4) is 0 Å². The summed E-state index contributed by atoms with van der Waals surface area (Å²) in [4.78, 5) is 52.8. The van der Waals surface area contributed by atoms with Crippen molar-refractivity contribution in [3.8, 4) is 5.75 Å². The van der Waals surface area contributed by atoms with Crippen LogP contribution in [0.4, 0.5) is 17.1 Å². The van der Waals surface area contributed by atoms with Gasteiger partial charge in [0.05, 0.1) is 35.0 Å². The molecule has 0 aliphatic carbocycles. The smallest absolute Gasteiger partial charge is 0.338 e. The minimum Gasteiger partial charge on any atom is -0.490 e. The van der Waals surface area contributed by atoms with Gasteiger partial charge in [-0.2, -0.15) is 0 Å². The number of hydrogen-bond acceptors (Lipinski definition) is 10. The van der Waals surface area contributed by atoms with Crippen LogP contribution in [0, 0.1) is 10.1 Å². The first-order valence-electron chi connectivity index (χ1n) is 11.5. The fraction of sp³-hybridized carbons (Fsp3) is 0.111. The van der Waals surface area contributed by atoms with E-state index >= 15 is 0 Å². The minimum absolute atomic E-state index is 0.0189. The summed E-state index contributed by atoms with van der Waals surface area (Å²) in [5.41, 5.74) is 1.25. The summed E-state index contributed by atoms with van der Waals surface area (Å²) >= 11 is 0. The molecule has 0 unspecified atom stereocenters. The van der Waals surface area contributed by atoms with Gasteiger partial charge in [-0.25, -0.2) is 14.6 Å². The highest BCUT2D eigenvalue weighted by atomic mass is 16.6. The molecule has 1 heterocycles. The largest absolute Gasteiger partial charge is 0.490 e. The zero-order valence-electron chi connectivity index (χ0n) is 20.6. The molecule has 3 aromatic carbocycles. The van der Waals surface area contributed by atoms with Crippen LogP contribution in [-0.2, 0) is 14.3 Å². The van der Waals surface area contributed by atoms with Crippen molar-refractivity contribution in [2.75, 3.05) is 25.6 Å². The van der Waals surface area contributed by atoms with Crippen molar-refractivity contribution in [2.45, 2.75) is 0 Å². The number of nitrogens with zero attached hydrogens (tertiary/aromatic N) is 2. The Morgan fingerprint density at radius 1 is 1.05 bits per heavy atom. The Balaban J connectivity index is 1.30. The zero-order valence-corrected chi connectivity index (χ0v) is 20.6. The lowest BCUT2D eigenvalue weighted by atomic mass is 10.1. The first-order chi connectivity index (χ1) is 18.9. The number of nitro benzene ring substituents is 1. The number of rotatable bonds is 10. The van der Waals surface area contributed by atoms with Crippen LogP contribution in [0.1, 0.15) is 15.9 Å². The normalized spacial score (nSPS) is 10.8. The number of aromatic nitrogens is 2. The summed E-state index contributed by atoms with van der Waals surface area (Å²) in [6.45, 7) is 0.139. The monoisotopic (exact) mass is 530 g/mol. The number of esters is 2. The maximum atomic E-state index is 12.3. The van der Waals surface area contributed by atoms with E-state index in [0.29, 0.717) is 22.7 Å². The molecular formula is C27H22N4O8. The van der Waals surface area contributed by atoms with E-state index in [1.807, 2.05) is 0 Å². The average molecular weight is 530 g/mol. The average Bonchev–Trinajstić information content (AvgIpc) is 2.95. The van der Waals surface area contributed by atoms with E-state index in [2.05, 4.69) is 20.0 Å². The summed E-state index contributed by atoms with van der Waals surface area (Å²) in [6.07, 6.45) is 3.97. The highest BCUT2D eigenvalue weighted by Crippen LogP contribution is 2.29. The molecule has 0 saturated heterocycles. The van der Waals surface area contributed by atoms with E-state index in [1.54, 1.807) is 54.6 Å². The van der Waals surface area contributed by atoms with Crippen molar-refractivity contribution in [3.05, 3.63) is 105 Å². The molecule has 198 valence electrons. The highest BCUT2D eigenvalue weighted by Gasteiger charge is 2.18. The molecule has 4 rings (SSSR count). The molecular weight excluding hydrogens is 508 g/mol. The van der Waals surface area contributed by atoms with Crippen molar-refractivity contribution >= 4 is 46.0 Å². The number of non-ortho nitro benzene ring substituents is 1. The summed E-state index contributed by atoms with van der Waals surface area (Å²) < 4.78 is 15.4. The summed E-state index contributed by atoms with van der Waals surface area (Å²) in [6, 6.07) is 16.0. The van der Waals surface area contributed by atoms with E-state index in [1.165, 1.54) is 25.3 Å². The Bertz CT molecular complexity index is 1600. The van der Waals surface area contributed by atoms with Crippen molar-refractivity contribution in [1.82, 2.24) is 9.97 Å².